The van der Waals surface area contributed by atoms with Crippen LogP contribution in [0.5, 0.6) is 0 Å². The summed E-state index contributed by atoms with van der Waals surface area (Å²) in [6, 6.07) is 1.58. The Morgan fingerprint density at radius 1 is 1.43 bits per heavy atom. The third-order valence-electron chi connectivity index (χ3n) is 3.67. The number of halogens is 1. The Bertz CT molecular complexity index is 567. The van der Waals surface area contributed by atoms with E-state index in [9.17, 15) is 8.42 Å². The van der Waals surface area contributed by atoms with E-state index in [1.165, 1.54) is 12.8 Å². The van der Waals surface area contributed by atoms with E-state index >= 15 is 0 Å². The van der Waals surface area contributed by atoms with Gasteiger partial charge in [-0.05, 0) is 41.2 Å². The first-order valence-corrected chi connectivity index (χ1v) is 9.75. The van der Waals surface area contributed by atoms with Gasteiger partial charge in [0.1, 0.15) is 10.7 Å². The molecule has 120 valence electrons. The fourth-order valence-electron chi connectivity index (χ4n) is 2.25. The second-order valence-electron chi connectivity index (χ2n) is 5.54. The standard InChI is InChI=1S/C14H23BrN2O3S/c1-3-11(7-10-5-6-10)17-21(18,19)13-8-12(9-16-4-2)20-14(13)15/h8,10-11,16-17H,3-7,9H2,1-2H3. The summed E-state index contributed by atoms with van der Waals surface area (Å²) in [6.07, 6.45) is 4.17. The molecule has 0 aliphatic heterocycles. The molecular weight excluding hydrogens is 356 g/mol. The highest BCUT2D eigenvalue weighted by Gasteiger charge is 2.29. The fraction of sp³-hybridized carbons (Fsp3) is 0.714. The number of nitrogens with one attached hydrogen (secondary N) is 2. The second kappa shape index (κ2) is 7.26. The summed E-state index contributed by atoms with van der Waals surface area (Å²) in [5, 5.41) is 3.11. The van der Waals surface area contributed by atoms with Crippen LogP contribution >= 0.6 is 15.9 Å². The first-order chi connectivity index (χ1) is 9.96. The summed E-state index contributed by atoms with van der Waals surface area (Å²) < 4.78 is 33.5. The molecule has 1 aromatic rings. The molecule has 5 nitrogen and oxygen atoms in total. The minimum Gasteiger partial charge on any atom is -0.452 e. The van der Waals surface area contributed by atoms with E-state index in [1.807, 2.05) is 13.8 Å². The molecule has 0 amide bonds. The Labute approximate surface area is 135 Å². The summed E-state index contributed by atoms with van der Waals surface area (Å²) in [7, 11) is -3.54. The van der Waals surface area contributed by atoms with E-state index in [2.05, 4.69) is 26.0 Å². The SMILES string of the molecule is CCNCc1cc(S(=O)(=O)NC(CC)CC2CC2)c(Br)o1. The lowest BCUT2D eigenvalue weighted by Crippen LogP contribution is -2.34. The van der Waals surface area contributed by atoms with Crippen molar-refractivity contribution < 1.29 is 12.8 Å². The van der Waals surface area contributed by atoms with Gasteiger partial charge in [0.25, 0.3) is 0 Å². The third kappa shape index (κ3) is 4.81. The predicted octanol–water partition coefficient (Wildman–Crippen LogP) is 3.01. The van der Waals surface area contributed by atoms with Crippen molar-refractivity contribution in [3.63, 3.8) is 0 Å². The average molecular weight is 379 g/mol. The first-order valence-electron chi connectivity index (χ1n) is 7.47. The maximum atomic E-state index is 12.5. The molecule has 1 heterocycles. The molecule has 0 saturated heterocycles. The van der Waals surface area contributed by atoms with E-state index in [0.717, 1.165) is 19.4 Å². The normalized spacial score (nSPS) is 17.1. The second-order valence-corrected chi connectivity index (χ2v) is 7.94. The van der Waals surface area contributed by atoms with Crippen LogP contribution < -0.4 is 10.0 Å². The number of furan rings is 1. The van der Waals surface area contributed by atoms with Gasteiger partial charge in [-0.2, -0.15) is 0 Å². The highest BCUT2D eigenvalue weighted by atomic mass is 79.9. The molecule has 0 bridgehead atoms. The van der Waals surface area contributed by atoms with Crippen LogP contribution in [0.15, 0.2) is 20.0 Å². The van der Waals surface area contributed by atoms with Gasteiger partial charge < -0.3 is 9.73 Å². The third-order valence-corrected chi connectivity index (χ3v) is 6.05. The van der Waals surface area contributed by atoms with Crippen molar-refractivity contribution in [3.05, 3.63) is 16.5 Å². The summed E-state index contributed by atoms with van der Waals surface area (Å²) in [4.78, 5) is 0.185. The molecule has 1 unspecified atom stereocenters. The Balaban J connectivity index is 2.08. The molecule has 2 N–H and O–H groups in total. The van der Waals surface area contributed by atoms with Crippen molar-refractivity contribution in [1.29, 1.82) is 0 Å². The van der Waals surface area contributed by atoms with Crippen LogP contribution in [0.4, 0.5) is 0 Å². The number of hydrogen-bond donors (Lipinski definition) is 2. The zero-order chi connectivity index (χ0) is 15.5. The van der Waals surface area contributed by atoms with Crippen molar-refractivity contribution in [1.82, 2.24) is 10.0 Å². The largest absolute Gasteiger partial charge is 0.452 e. The van der Waals surface area contributed by atoms with Crippen molar-refractivity contribution in [3.8, 4) is 0 Å². The number of hydrogen-bond acceptors (Lipinski definition) is 4. The van der Waals surface area contributed by atoms with E-state index in [4.69, 9.17) is 4.42 Å². The summed E-state index contributed by atoms with van der Waals surface area (Å²) >= 11 is 3.21. The minimum absolute atomic E-state index is 0.00140. The lowest BCUT2D eigenvalue weighted by Gasteiger charge is -2.16. The van der Waals surface area contributed by atoms with Gasteiger partial charge in [0.15, 0.2) is 4.67 Å². The Morgan fingerprint density at radius 2 is 2.14 bits per heavy atom. The van der Waals surface area contributed by atoms with Crippen LogP contribution in [0.3, 0.4) is 0 Å². The van der Waals surface area contributed by atoms with Crippen LogP contribution in [0.25, 0.3) is 0 Å². The van der Waals surface area contributed by atoms with Crippen molar-refractivity contribution >= 4 is 26.0 Å². The van der Waals surface area contributed by atoms with E-state index < -0.39 is 10.0 Å². The quantitative estimate of drug-likeness (QED) is 0.692. The molecule has 1 aromatic heterocycles. The fourth-order valence-corrected chi connectivity index (χ4v) is 4.58. The number of rotatable bonds is 9. The van der Waals surface area contributed by atoms with Gasteiger partial charge in [0.2, 0.25) is 10.0 Å². The minimum atomic E-state index is -3.54. The topological polar surface area (TPSA) is 71.3 Å². The molecule has 21 heavy (non-hydrogen) atoms. The summed E-state index contributed by atoms with van der Waals surface area (Å²) in [5.41, 5.74) is 0. The van der Waals surface area contributed by atoms with E-state index in [1.54, 1.807) is 6.07 Å². The van der Waals surface area contributed by atoms with Crippen LogP contribution in [0.1, 0.15) is 45.3 Å². The molecule has 1 aliphatic carbocycles. The molecule has 1 aliphatic rings. The lowest BCUT2D eigenvalue weighted by atomic mass is 10.1. The Hall–Kier alpha value is -0.370. The Morgan fingerprint density at radius 3 is 2.71 bits per heavy atom. The number of sulfonamides is 1. The highest BCUT2D eigenvalue weighted by molar-refractivity contribution is 9.10. The van der Waals surface area contributed by atoms with Gasteiger partial charge >= 0.3 is 0 Å². The van der Waals surface area contributed by atoms with Crippen molar-refractivity contribution in [2.45, 2.75) is 57.0 Å². The van der Waals surface area contributed by atoms with E-state index in [-0.39, 0.29) is 15.6 Å². The van der Waals surface area contributed by atoms with Gasteiger partial charge in [-0.3, -0.25) is 0 Å². The lowest BCUT2D eigenvalue weighted by molar-refractivity contribution is 0.462. The molecule has 0 aromatic carbocycles. The zero-order valence-electron chi connectivity index (χ0n) is 12.5. The van der Waals surface area contributed by atoms with E-state index in [0.29, 0.717) is 18.2 Å². The summed E-state index contributed by atoms with van der Waals surface area (Å²) in [5.74, 6) is 1.30. The monoisotopic (exact) mass is 378 g/mol. The van der Waals surface area contributed by atoms with Gasteiger partial charge in [-0.1, -0.05) is 26.7 Å². The molecule has 1 atom stereocenters. The maximum absolute atomic E-state index is 12.5. The Kier molecular flexibility index (Phi) is 5.88. The molecule has 7 heteroatoms. The summed E-state index contributed by atoms with van der Waals surface area (Å²) in [6.45, 7) is 5.32. The van der Waals surface area contributed by atoms with Gasteiger partial charge in [0, 0.05) is 12.1 Å². The van der Waals surface area contributed by atoms with Crippen molar-refractivity contribution in [2.24, 2.45) is 5.92 Å². The van der Waals surface area contributed by atoms with Gasteiger partial charge in [-0.25, -0.2) is 13.1 Å². The van der Waals surface area contributed by atoms with Crippen LogP contribution in [0, 0.1) is 5.92 Å². The molecule has 0 radical (unpaired) electrons. The van der Waals surface area contributed by atoms with Crippen LogP contribution in [0.2, 0.25) is 0 Å². The average Bonchev–Trinajstić information content (AvgIpc) is 3.16. The molecular formula is C14H23BrN2O3S. The molecule has 2 rings (SSSR count). The zero-order valence-corrected chi connectivity index (χ0v) is 14.9. The van der Waals surface area contributed by atoms with Gasteiger partial charge in [-0.15, -0.1) is 0 Å². The smallest absolute Gasteiger partial charge is 0.245 e. The van der Waals surface area contributed by atoms with Crippen LogP contribution in [-0.4, -0.2) is 21.0 Å². The van der Waals surface area contributed by atoms with Gasteiger partial charge in [0.05, 0.1) is 6.54 Å². The van der Waals surface area contributed by atoms with Crippen molar-refractivity contribution in [2.75, 3.05) is 6.54 Å². The predicted molar refractivity (Wildman–Crippen MR) is 85.5 cm³/mol. The molecule has 0 spiro atoms. The highest BCUT2D eigenvalue weighted by Crippen LogP contribution is 2.34. The van der Waals surface area contributed by atoms with Crippen LogP contribution in [-0.2, 0) is 16.6 Å². The maximum Gasteiger partial charge on any atom is 0.245 e. The molecule has 1 fully saturated rings. The molecule has 1 saturated carbocycles. The first kappa shape index (κ1) is 17.0.